The van der Waals surface area contributed by atoms with Crippen molar-refractivity contribution in [2.75, 3.05) is 51.4 Å². The van der Waals surface area contributed by atoms with Crippen molar-refractivity contribution in [2.45, 2.75) is 25.4 Å². The van der Waals surface area contributed by atoms with E-state index in [2.05, 4.69) is 21.7 Å². The predicted molar refractivity (Wildman–Crippen MR) is 102 cm³/mol. The first-order chi connectivity index (χ1) is 12.8. The zero-order valence-electron chi connectivity index (χ0n) is 15.4. The van der Waals surface area contributed by atoms with Gasteiger partial charge in [0, 0.05) is 39.0 Å². The van der Waals surface area contributed by atoms with Crippen LogP contribution in [0.3, 0.4) is 0 Å². The fourth-order valence-electron chi connectivity index (χ4n) is 3.25. The number of hydrogen-bond donors (Lipinski definition) is 2. The van der Waals surface area contributed by atoms with E-state index >= 15 is 0 Å². The van der Waals surface area contributed by atoms with E-state index in [1.54, 1.807) is 7.05 Å². The zero-order chi connectivity index (χ0) is 18.2. The highest BCUT2D eigenvalue weighted by Gasteiger charge is 2.23. The number of carbonyl (C=O) groups excluding carboxylic acids is 1. The lowest BCUT2D eigenvalue weighted by Gasteiger charge is -2.19. The van der Waals surface area contributed by atoms with Crippen LogP contribution in [0.2, 0.25) is 0 Å². The Bertz CT molecular complexity index is 629. The van der Waals surface area contributed by atoms with Crippen molar-refractivity contribution in [3.05, 3.63) is 29.8 Å². The molecule has 0 bridgehead atoms. The second-order valence-corrected chi connectivity index (χ2v) is 6.49. The van der Waals surface area contributed by atoms with Crippen molar-refractivity contribution >= 4 is 17.6 Å². The van der Waals surface area contributed by atoms with Crippen LogP contribution in [-0.4, -0.2) is 64.5 Å². The maximum atomic E-state index is 12.5. The second kappa shape index (κ2) is 9.54. The Kier molecular flexibility index (Phi) is 6.85. The summed E-state index contributed by atoms with van der Waals surface area (Å²) in [4.78, 5) is 18.5. The molecule has 1 saturated heterocycles. The van der Waals surface area contributed by atoms with Crippen LogP contribution in [0.5, 0.6) is 0 Å². The molecule has 7 heteroatoms. The molecule has 2 aliphatic heterocycles. The van der Waals surface area contributed by atoms with Gasteiger partial charge in [0.1, 0.15) is 0 Å². The summed E-state index contributed by atoms with van der Waals surface area (Å²) in [7, 11) is 1.71. The summed E-state index contributed by atoms with van der Waals surface area (Å²) in [6, 6.07) is 8.07. The average molecular weight is 360 g/mol. The van der Waals surface area contributed by atoms with E-state index in [9.17, 15) is 4.79 Å². The molecule has 3 rings (SSSR count). The third-order valence-corrected chi connectivity index (χ3v) is 4.67. The molecular formula is C19H28N4O3. The quantitative estimate of drug-likeness (QED) is 0.430. The van der Waals surface area contributed by atoms with Gasteiger partial charge in [0.25, 0.3) is 0 Å². The summed E-state index contributed by atoms with van der Waals surface area (Å²) in [6.07, 6.45) is 3.03. The SMILES string of the molecule is CN=C(NCCCOC1CCOC1)NCC(=O)N1CCc2ccccc21. The number of anilines is 1. The lowest BCUT2D eigenvalue weighted by Crippen LogP contribution is -2.44. The van der Waals surface area contributed by atoms with Crippen LogP contribution in [0, 0.1) is 0 Å². The molecule has 1 fully saturated rings. The number of amides is 1. The predicted octanol–water partition coefficient (Wildman–Crippen LogP) is 0.936. The van der Waals surface area contributed by atoms with Gasteiger partial charge >= 0.3 is 0 Å². The number of ether oxygens (including phenoxy) is 2. The molecular weight excluding hydrogens is 332 g/mol. The molecule has 142 valence electrons. The minimum absolute atomic E-state index is 0.0578. The van der Waals surface area contributed by atoms with Crippen LogP contribution in [-0.2, 0) is 20.7 Å². The molecule has 7 nitrogen and oxygen atoms in total. The number of nitrogens with one attached hydrogen (secondary N) is 2. The number of aliphatic imine (C=N–C) groups is 1. The van der Waals surface area contributed by atoms with Gasteiger partial charge in [-0.05, 0) is 30.9 Å². The molecule has 0 radical (unpaired) electrons. The van der Waals surface area contributed by atoms with Crippen molar-refractivity contribution < 1.29 is 14.3 Å². The third-order valence-electron chi connectivity index (χ3n) is 4.67. The summed E-state index contributed by atoms with van der Waals surface area (Å²) in [5, 5.41) is 6.31. The van der Waals surface area contributed by atoms with Crippen LogP contribution >= 0.6 is 0 Å². The molecule has 26 heavy (non-hydrogen) atoms. The van der Waals surface area contributed by atoms with Gasteiger partial charge in [-0.3, -0.25) is 9.79 Å². The zero-order valence-corrected chi connectivity index (χ0v) is 15.4. The Hall–Kier alpha value is -2.12. The molecule has 2 N–H and O–H groups in total. The Labute approximate surface area is 154 Å². The fourth-order valence-corrected chi connectivity index (χ4v) is 3.25. The number of fused-ring (bicyclic) bond motifs is 1. The van der Waals surface area contributed by atoms with Gasteiger partial charge in [-0.25, -0.2) is 0 Å². The van der Waals surface area contributed by atoms with E-state index < -0.39 is 0 Å². The number of guanidine groups is 1. The number of nitrogens with zero attached hydrogens (tertiary/aromatic N) is 2. The lowest BCUT2D eigenvalue weighted by molar-refractivity contribution is -0.117. The molecule has 1 aromatic rings. The van der Waals surface area contributed by atoms with Crippen molar-refractivity contribution in [1.29, 1.82) is 0 Å². The lowest BCUT2D eigenvalue weighted by atomic mass is 10.2. The third kappa shape index (κ3) is 4.95. The molecule has 2 aliphatic rings. The number of para-hydroxylation sites is 1. The number of rotatable bonds is 7. The number of carbonyl (C=O) groups is 1. The molecule has 1 atom stereocenters. The molecule has 0 saturated carbocycles. The first kappa shape index (κ1) is 18.7. The summed E-state index contributed by atoms with van der Waals surface area (Å²) in [6.45, 7) is 3.92. The molecule has 1 aromatic carbocycles. The van der Waals surface area contributed by atoms with Crippen molar-refractivity contribution in [3.8, 4) is 0 Å². The highest BCUT2D eigenvalue weighted by atomic mass is 16.5. The highest BCUT2D eigenvalue weighted by Crippen LogP contribution is 2.27. The van der Waals surface area contributed by atoms with Gasteiger partial charge < -0.3 is 25.0 Å². The van der Waals surface area contributed by atoms with E-state index in [1.807, 2.05) is 23.1 Å². The van der Waals surface area contributed by atoms with Crippen LogP contribution in [0.15, 0.2) is 29.3 Å². The Balaban J connectivity index is 1.34. The van der Waals surface area contributed by atoms with Crippen LogP contribution in [0.1, 0.15) is 18.4 Å². The molecule has 2 heterocycles. The highest BCUT2D eigenvalue weighted by molar-refractivity contribution is 5.98. The van der Waals surface area contributed by atoms with Gasteiger partial charge in [0.2, 0.25) is 5.91 Å². The monoisotopic (exact) mass is 360 g/mol. The molecule has 0 spiro atoms. The van der Waals surface area contributed by atoms with E-state index in [0.717, 1.165) is 44.6 Å². The van der Waals surface area contributed by atoms with Gasteiger partial charge in [-0.2, -0.15) is 0 Å². The van der Waals surface area contributed by atoms with Crippen LogP contribution in [0.4, 0.5) is 5.69 Å². The largest absolute Gasteiger partial charge is 0.379 e. The Morgan fingerprint density at radius 2 is 2.27 bits per heavy atom. The Morgan fingerprint density at radius 1 is 1.38 bits per heavy atom. The van der Waals surface area contributed by atoms with Gasteiger partial charge in [-0.1, -0.05) is 18.2 Å². The van der Waals surface area contributed by atoms with Crippen LogP contribution in [0.25, 0.3) is 0 Å². The van der Waals surface area contributed by atoms with E-state index in [4.69, 9.17) is 9.47 Å². The first-order valence-corrected chi connectivity index (χ1v) is 9.30. The Morgan fingerprint density at radius 3 is 3.08 bits per heavy atom. The molecule has 0 aliphatic carbocycles. The van der Waals surface area contributed by atoms with Crippen molar-refractivity contribution in [2.24, 2.45) is 4.99 Å². The van der Waals surface area contributed by atoms with Crippen molar-refractivity contribution in [1.82, 2.24) is 10.6 Å². The van der Waals surface area contributed by atoms with Gasteiger partial charge in [0.05, 0.1) is 19.3 Å². The molecule has 0 aromatic heterocycles. The smallest absolute Gasteiger partial charge is 0.246 e. The van der Waals surface area contributed by atoms with E-state index in [0.29, 0.717) is 19.2 Å². The van der Waals surface area contributed by atoms with Crippen molar-refractivity contribution in [3.63, 3.8) is 0 Å². The van der Waals surface area contributed by atoms with E-state index in [-0.39, 0.29) is 18.6 Å². The van der Waals surface area contributed by atoms with E-state index in [1.165, 1.54) is 5.56 Å². The summed E-state index contributed by atoms with van der Waals surface area (Å²) in [5.41, 5.74) is 2.26. The second-order valence-electron chi connectivity index (χ2n) is 6.49. The number of hydrogen-bond acceptors (Lipinski definition) is 4. The fraction of sp³-hybridized carbons (Fsp3) is 0.579. The standard InChI is InChI=1S/C19H28N4O3/c1-20-19(21-9-4-11-26-16-8-12-25-14-16)22-13-18(24)23-10-7-15-5-2-3-6-17(15)23/h2-3,5-6,16H,4,7-14H2,1H3,(H2,20,21,22). The van der Waals surface area contributed by atoms with Gasteiger partial charge in [0.15, 0.2) is 5.96 Å². The number of benzene rings is 1. The maximum Gasteiger partial charge on any atom is 0.246 e. The normalized spacial score (nSPS) is 19.5. The summed E-state index contributed by atoms with van der Waals surface area (Å²) < 4.78 is 11.0. The minimum Gasteiger partial charge on any atom is -0.379 e. The van der Waals surface area contributed by atoms with Gasteiger partial charge in [-0.15, -0.1) is 0 Å². The first-order valence-electron chi connectivity index (χ1n) is 9.30. The van der Waals surface area contributed by atoms with Crippen LogP contribution < -0.4 is 15.5 Å². The summed E-state index contributed by atoms with van der Waals surface area (Å²) >= 11 is 0. The topological polar surface area (TPSA) is 75.2 Å². The summed E-state index contributed by atoms with van der Waals surface area (Å²) in [5.74, 6) is 0.692. The average Bonchev–Trinajstić information content (AvgIpc) is 3.33. The molecule has 1 amide bonds. The maximum absolute atomic E-state index is 12.5. The molecule has 1 unspecified atom stereocenters. The minimum atomic E-state index is 0.0578.